The predicted octanol–water partition coefficient (Wildman–Crippen LogP) is 1.82. The molecule has 0 unspecified atom stereocenters. The second kappa shape index (κ2) is 2.74. The normalized spacial score (nSPS) is 21.1. The minimum atomic E-state index is -0.757. The molecule has 1 aromatic carbocycles. The Bertz CT molecular complexity index is 466. The van der Waals surface area contributed by atoms with Gasteiger partial charge in [0.1, 0.15) is 0 Å². The fraction of sp³-hybridized carbons (Fsp3) is 0.364. The van der Waals surface area contributed by atoms with Crippen molar-refractivity contribution in [2.75, 3.05) is 5.32 Å². The van der Waals surface area contributed by atoms with Crippen LogP contribution < -0.4 is 5.32 Å². The largest absolute Gasteiger partial charge is 0.385 e. The summed E-state index contributed by atoms with van der Waals surface area (Å²) in [5.41, 5.74) is 1.68. The number of anilines is 1. The van der Waals surface area contributed by atoms with Gasteiger partial charge in [0.25, 0.3) is 0 Å². The van der Waals surface area contributed by atoms with Crippen LogP contribution in [0.4, 0.5) is 5.69 Å². The Balaban J connectivity index is 2.19. The van der Waals surface area contributed by atoms with E-state index < -0.39 is 5.60 Å². The van der Waals surface area contributed by atoms with Crippen LogP contribution >= 0.6 is 11.6 Å². The number of aliphatic hydroxyl groups is 1. The molecule has 0 aromatic heterocycles. The van der Waals surface area contributed by atoms with Gasteiger partial charge in [-0.15, -0.1) is 0 Å². The van der Waals surface area contributed by atoms with Crippen LogP contribution in [-0.2, 0) is 16.8 Å². The molecule has 3 nitrogen and oxygen atoms in total. The first kappa shape index (κ1) is 9.19. The highest BCUT2D eigenvalue weighted by molar-refractivity contribution is 6.31. The molecular formula is C11H10ClNO2. The molecule has 1 aliphatic heterocycles. The lowest BCUT2D eigenvalue weighted by Gasteiger charge is -2.13. The quantitative estimate of drug-likeness (QED) is 0.763. The molecule has 2 N–H and O–H groups in total. The van der Waals surface area contributed by atoms with E-state index in [0.29, 0.717) is 11.4 Å². The molecule has 0 radical (unpaired) electrons. The van der Waals surface area contributed by atoms with Gasteiger partial charge < -0.3 is 10.4 Å². The summed E-state index contributed by atoms with van der Waals surface area (Å²) in [6.45, 7) is 0. The standard InChI is InChI=1S/C11H10ClNO2/c12-7-3-6-4-9(14)13-10(6)8(5-7)11(15)1-2-11/h3,5,15H,1-2,4H2,(H,13,14). The van der Waals surface area contributed by atoms with Crippen LogP contribution in [0.25, 0.3) is 0 Å². The van der Waals surface area contributed by atoms with E-state index in [9.17, 15) is 9.90 Å². The summed E-state index contributed by atoms with van der Waals surface area (Å²) in [7, 11) is 0. The van der Waals surface area contributed by atoms with Gasteiger partial charge >= 0.3 is 0 Å². The minimum Gasteiger partial charge on any atom is -0.385 e. The second-order valence-electron chi connectivity index (χ2n) is 4.24. The van der Waals surface area contributed by atoms with Crippen LogP contribution in [0.2, 0.25) is 5.02 Å². The van der Waals surface area contributed by atoms with Crippen LogP contribution in [0, 0.1) is 0 Å². The summed E-state index contributed by atoms with van der Waals surface area (Å²) in [6.07, 6.45) is 1.85. The fourth-order valence-corrected chi connectivity index (χ4v) is 2.30. The number of halogens is 1. The molecule has 0 bridgehead atoms. The van der Waals surface area contributed by atoms with Crippen molar-refractivity contribution in [1.29, 1.82) is 0 Å². The molecule has 1 aromatic rings. The van der Waals surface area contributed by atoms with Gasteiger partial charge in [-0.3, -0.25) is 4.79 Å². The zero-order valence-electron chi connectivity index (χ0n) is 8.01. The highest BCUT2D eigenvalue weighted by Crippen LogP contribution is 2.50. The smallest absolute Gasteiger partial charge is 0.228 e. The maximum Gasteiger partial charge on any atom is 0.228 e. The molecule has 1 aliphatic carbocycles. The molecule has 0 spiro atoms. The summed E-state index contributed by atoms with van der Waals surface area (Å²) >= 11 is 5.96. The Labute approximate surface area is 92.1 Å². The molecule has 4 heteroatoms. The number of carbonyl (C=O) groups excluding carboxylic acids is 1. The summed E-state index contributed by atoms with van der Waals surface area (Å²) in [4.78, 5) is 11.3. The molecule has 1 fully saturated rings. The monoisotopic (exact) mass is 223 g/mol. The molecule has 0 saturated heterocycles. The van der Waals surface area contributed by atoms with Crippen molar-refractivity contribution < 1.29 is 9.90 Å². The van der Waals surface area contributed by atoms with Gasteiger partial charge in [-0.25, -0.2) is 0 Å². The number of hydrogen-bond donors (Lipinski definition) is 2. The van der Waals surface area contributed by atoms with Crippen molar-refractivity contribution in [2.45, 2.75) is 24.9 Å². The lowest BCUT2D eigenvalue weighted by Crippen LogP contribution is -2.10. The van der Waals surface area contributed by atoms with Gasteiger partial charge in [0.05, 0.1) is 17.7 Å². The van der Waals surface area contributed by atoms with Gasteiger partial charge in [0.2, 0.25) is 5.91 Å². The Morgan fingerprint density at radius 1 is 1.40 bits per heavy atom. The first-order chi connectivity index (χ1) is 7.08. The Morgan fingerprint density at radius 3 is 2.80 bits per heavy atom. The van der Waals surface area contributed by atoms with E-state index in [0.717, 1.165) is 29.7 Å². The summed E-state index contributed by atoms with van der Waals surface area (Å²) in [5, 5.41) is 13.4. The number of carbonyl (C=O) groups is 1. The number of fused-ring (bicyclic) bond motifs is 1. The SMILES string of the molecule is O=C1Cc2cc(Cl)cc(C3(O)CC3)c2N1. The van der Waals surface area contributed by atoms with E-state index in [1.165, 1.54) is 0 Å². The van der Waals surface area contributed by atoms with Crippen LogP contribution in [0.1, 0.15) is 24.0 Å². The van der Waals surface area contributed by atoms with E-state index in [1.54, 1.807) is 12.1 Å². The summed E-state index contributed by atoms with van der Waals surface area (Å²) < 4.78 is 0. The number of amides is 1. The average molecular weight is 224 g/mol. The molecule has 1 saturated carbocycles. The van der Waals surface area contributed by atoms with E-state index in [1.807, 2.05) is 0 Å². The van der Waals surface area contributed by atoms with Crippen molar-refractivity contribution in [1.82, 2.24) is 0 Å². The third-order valence-electron chi connectivity index (χ3n) is 3.03. The predicted molar refractivity (Wildman–Crippen MR) is 56.9 cm³/mol. The topological polar surface area (TPSA) is 49.3 Å². The van der Waals surface area contributed by atoms with Gasteiger partial charge in [-0.1, -0.05) is 11.6 Å². The molecule has 78 valence electrons. The van der Waals surface area contributed by atoms with Gasteiger partial charge in [-0.2, -0.15) is 0 Å². The molecular weight excluding hydrogens is 214 g/mol. The lowest BCUT2D eigenvalue weighted by atomic mass is 10.0. The van der Waals surface area contributed by atoms with Crippen molar-refractivity contribution in [3.8, 4) is 0 Å². The third-order valence-corrected chi connectivity index (χ3v) is 3.24. The highest BCUT2D eigenvalue weighted by atomic mass is 35.5. The third kappa shape index (κ3) is 1.34. The number of hydrogen-bond acceptors (Lipinski definition) is 2. The summed E-state index contributed by atoms with van der Waals surface area (Å²) in [5.74, 6) is -0.0298. The van der Waals surface area contributed by atoms with E-state index in [-0.39, 0.29) is 5.91 Å². The maximum absolute atomic E-state index is 11.3. The van der Waals surface area contributed by atoms with Crippen molar-refractivity contribution in [2.24, 2.45) is 0 Å². The van der Waals surface area contributed by atoms with Crippen molar-refractivity contribution >= 4 is 23.2 Å². The van der Waals surface area contributed by atoms with Gasteiger partial charge in [-0.05, 0) is 30.5 Å². The van der Waals surface area contributed by atoms with Crippen LogP contribution in [0.5, 0.6) is 0 Å². The molecule has 3 rings (SSSR count). The first-order valence-corrected chi connectivity index (χ1v) is 5.31. The average Bonchev–Trinajstić information content (AvgIpc) is 2.78. The van der Waals surface area contributed by atoms with E-state index in [4.69, 9.17) is 11.6 Å². The molecule has 1 amide bonds. The van der Waals surface area contributed by atoms with E-state index in [2.05, 4.69) is 5.32 Å². The number of benzene rings is 1. The fourth-order valence-electron chi connectivity index (χ4n) is 2.06. The van der Waals surface area contributed by atoms with Crippen LogP contribution in [-0.4, -0.2) is 11.0 Å². The van der Waals surface area contributed by atoms with E-state index >= 15 is 0 Å². The number of rotatable bonds is 1. The maximum atomic E-state index is 11.3. The van der Waals surface area contributed by atoms with Gasteiger partial charge in [0, 0.05) is 10.6 Å². The first-order valence-electron chi connectivity index (χ1n) is 4.94. The highest BCUT2D eigenvalue weighted by Gasteiger charge is 2.45. The Kier molecular flexibility index (Phi) is 1.68. The van der Waals surface area contributed by atoms with Crippen LogP contribution in [0.3, 0.4) is 0 Å². The Hall–Kier alpha value is -1.06. The molecule has 2 aliphatic rings. The summed E-state index contributed by atoms with van der Waals surface area (Å²) in [6, 6.07) is 3.53. The lowest BCUT2D eigenvalue weighted by molar-refractivity contribution is -0.115. The zero-order valence-corrected chi connectivity index (χ0v) is 8.77. The van der Waals surface area contributed by atoms with Crippen molar-refractivity contribution in [3.63, 3.8) is 0 Å². The Morgan fingerprint density at radius 2 is 2.13 bits per heavy atom. The van der Waals surface area contributed by atoms with Crippen molar-refractivity contribution in [3.05, 3.63) is 28.3 Å². The van der Waals surface area contributed by atoms with Gasteiger partial charge in [0.15, 0.2) is 0 Å². The zero-order chi connectivity index (χ0) is 10.6. The molecule has 15 heavy (non-hydrogen) atoms. The van der Waals surface area contributed by atoms with Crippen LogP contribution in [0.15, 0.2) is 12.1 Å². The second-order valence-corrected chi connectivity index (χ2v) is 4.68. The molecule has 0 atom stereocenters. The number of nitrogens with one attached hydrogen (secondary N) is 1. The molecule has 1 heterocycles. The minimum absolute atomic E-state index is 0.0298.